The van der Waals surface area contributed by atoms with Gasteiger partial charge in [0.15, 0.2) is 10.3 Å². The summed E-state index contributed by atoms with van der Waals surface area (Å²) in [5.41, 5.74) is 2.22. The van der Waals surface area contributed by atoms with Crippen molar-refractivity contribution < 1.29 is 38.2 Å². The fraction of sp³-hybridized carbons (Fsp3) is 0.360. The van der Waals surface area contributed by atoms with Gasteiger partial charge in [-0.25, -0.2) is 19.8 Å². The first kappa shape index (κ1) is 43.1. The molecule has 7 aromatic rings. The summed E-state index contributed by atoms with van der Waals surface area (Å²) >= 11 is 2.24. The van der Waals surface area contributed by atoms with Crippen LogP contribution in [0, 0.1) is 0 Å². The van der Waals surface area contributed by atoms with Crippen LogP contribution < -0.4 is 9.80 Å². The molecule has 64 heavy (non-hydrogen) atoms. The van der Waals surface area contributed by atoms with Crippen molar-refractivity contribution in [3.8, 4) is 0 Å². The monoisotopic (exact) mass is 896 g/mol. The van der Waals surface area contributed by atoms with Crippen LogP contribution in [0.2, 0.25) is 0 Å². The van der Waals surface area contributed by atoms with E-state index in [9.17, 15) is 28.8 Å². The number of amides is 4. The van der Waals surface area contributed by atoms with Gasteiger partial charge in [-0.05, 0) is 69.4 Å². The van der Waals surface area contributed by atoms with E-state index in [0.29, 0.717) is 57.6 Å². The van der Waals surface area contributed by atoms with E-state index in [2.05, 4.69) is 23.8 Å². The van der Waals surface area contributed by atoms with E-state index in [1.807, 2.05) is 24.3 Å². The van der Waals surface area contributed by atoms with Crippen molar-refractivity contribution in [1.29, 1.82) is 0 Å². The van der Waals surface area contributed by atoms with Gasteiger partial charge in [-0.3, -0.25) is 28.8 Å². The van der Waals surface area contributed by atoms with Gasteiger partial charge in [0.25, 0.3) is 23.6 Å². The summed E-state index contributed by atoms with van der Waals surface area (Å²) < 4.78 is 10.9. The lowest BCUT2D eigenvalue weighted by molar-refractivity contribution is -0.144. The molecule has 0 saturated heterocycles. The molecule has 4 amide bonds. The number of carbonyl (C=O) groups is 6. The number of imide groups is 2. The lowest BCUT2D eigenvalue weighted by Gasteiger charge is -2.28. The van der Waals surface area contributed by atoms with Crippen LogP contribution in [0.5, 0.6) is 0 Å². The molecule has 0 fully saturated rings. The molecule has 0 atom stereocenters. The second-order valence-corrected chi connectivity index (χ2v) is 18.3. The van der Waals surface area contributed by atoms with Gasteiger partial charge >= 0.3 is 11.9 Å². The topological polar surface area (TPSA) is 153 Å². The first-order valence-corrected chi connectivity index (χ1v) is 24.1. The van der Waals surface area contributed by atoms with E-state index in [-0.39, 0.29) is 23.1 Å². The van der Waals surface area contributed by atoms with Crippen LogP contribution in [-0.4, -0.2) is 58.7 Å². The Kier molecular flexibility index (Phi) is 12.5. The van der Waals surface area contributed by atoms with E-state index in [4.69, 9.17) is 9.47 Å². The predicted octanol–water partition coefficient (Wildman–Crippen LogP) is 11.1. The number of rotatable bonds is 20. The summed E-state index contributed by atoms with van der Waals surface area (Å²) in [6.45, 7) is 5.04. The van der Waals surface area contributed by atoms with E-state index in [0.717, 1.165) is 103 Å². The highest BCUT2D eigenvalue weighted by Crippen LogP contribution is 2.47. The molecular formula is C50H48N4O8S2. The first-order chi connectivity index (χ1) is 31.2. The van der Waals surface area contributed by atoms with Crippen LogP contribution in [0.1, 0.15) is 144 Å². The summed E-state index contributed by atoms with van der Waals surface area (Å²) in [4.78, 5) is 93.4. The molecule has 0 N–H and O–H groups in total. The number of esters is 2. The van der Waals surface area contributed by atoms with Gasteiger partial charge < -0.3 is 9.47 Å². The molecule has 14 heteroatoms. The molecule has 0 unspecified atom stereocenters. The largest absolute Gasteiger partial charge is 0.465 e. The number of hydrogen-bond donors (Lipinski definition) is 0. The average molecular weight is 897 g/mol. The summed E-state index contributed by atoms with van der Waals surface area (Å²) in [5.74, 6) is -2.88. The zero-order valence-electron chi connectivity index (χ0n) is 36.0. The SMILES string of the molecule is CCCCCCCCOC(=O)Cc1csc(N2C(=O)c3ccc4c5ccc6c7c(ccc(c8ccc(c3c48)C2=O)c75)C(=O)N(c2nc(CC(=O)OCCCCCCCC)cs2)C6=O)n1. The van der Waals surface area contributed by atoms with Crippen LogP contribution in [0.25, 0.3) is 43.1 Å². The van der Waals surface area contributed by atoms with Gasteiger partial charge in [0.1, 0.15) is 0 Å². The van der Waals surface area contributed by atoms with Crippen molar-refractivity contribution in [2.75, 3.05) is 23.0 Å². The van der Waals surface area contributed by atoms with E-state index in [1.165, 1.54) is 38.5 Å². The smallest absolute Gasteiger partial charge is 0.311 e. The highest BCUT2D eigenvalue weighted by molar-refractivity contribution is 7.14. The molecule has 2 aliphatic rings. The maximum atomic E-state index is 14.3. The Morgan fingerprint density at radius 2 is 0.797 bits per heavy atom. The molecule has 328 valence electrons. The Morgan fingerprint density at radius 3 is 1.14 bits per heavy atom. The van der Waals surface area contributed by atoms with Gasteiger partial charge in [-0.1, -0.05) is 102 Å². The summed E-state index contributed by atoms with van der Waals surface area (Å²) in [7, 11) is 0. The Labute approximate surface area is 377 Å². The third-order valence-electron chi connectivity index (χ3n) is 12.3. The van der Waals surface area contributed by atoms with Gasteiger partial charge in [-0.15, -0.1) is 22.7 Å². The highest BCUT2D eigenvalue weighted by atomic mass is 32.1. The highest BCUT2D eigenvalue weighted by Gasteiger charge is 2.39. The number of benzene rings is 5. The quantitative estimate of drug-likeness (QED) is 0.0237. The normalized spacial score (nSPS) is 13.7. The van der Waals surface area contributed by atoms with Crippen LogP contribution >= 0.6 is 22.7 Å². The van der Waals surface area contributed by atoms with Crippen LogP contribution in [0.15, 0.2) is 59.3 Å². The van der Waals surface area contributed by atoms with E-state index < -0.39 is 35.6 Å². The molecule has 0 bridgehead atoms. The van der Waals surface area contributed by atoms with Gasteiger partial charge in [-0.2, -0.15) is 0 Å². The standard InChI is InChI=1S/C50H48N4O8S2/c1-3-5-7-9-11-13-23-61-39(55)25-29-27-63-49(51-29)53-45(57)35-19-15-31-33-17-21-37-44-38(22-18-34(42(33)44)32-16-20-36(46(53)58)43(35)41(31)32)48(60)54(47(37)59)50-52-30(28-64-50)26-40(56)62-24-14-12-10-8-6-4-2/h15-22,27-28H,3-14,23-26H2,1-2H3. The molecule has 5 aromatic carbocycles. The molecule has 2 aromatic heterocycles. The first-order valence-electron chi connectivity index (χ1n) is 22.4. The molecule has 0 aliphatic carbocycles. The second kappa shape index (κ2) is 18.5. The molecule has 0 spiro atoms. The van der Waals surface area contributed by atoms with Crippen molar-refractivity contribution in [2.45, 2.75) is 104 Å². The van der Waals surface area contributed by atoms with Crippen LogP contribution in [0.3, 0.4) is 0 Å². The molecule has 9 rings (SSSR count). The fourth-order valence-corrected chi connectivity index (χ4v) is 10.7. The summed E-state index contributed by atoms with van der Waals surface area (Å²) in [6.07, 6.45) is 12.9. The third kappa shape index (κ3) is 7.91. The summed E-state index contributed by atoms with van der Waals surface area (Å²) in [5, 5.41) is 9.30. The Morgan fingerprint density at radius 1 is 0.469 bits per heavy atom. The number of thiazole rings is 2. The summed E-state index contributed by atoms with van der Waals surface area (Å²) in [6, 6.07) is 14.3. The second-order valence-electron chi connectivity index (χ2n) is 16.6. The van der Waals surface area contributed by atoms with Crippen molar-refractivity contribution in [3.63, 3.8) is 0 Å². The van der Waals surface area contributed by atoms with Gasteiger partial charge in [0, 0.05) is 43.8 Å². The molecular weight excluding hydrogens is 849 g/mol. The molecule has 2 aliphatic heterocycles. The van der Waals surface area contributed by atoms with E-state index in [1.54, 1.807) is 35.0 Å². The lowest BCUT2D eigenvalue weighted by atomic mass is 9.82. The number of hydrogen-bond acceptors (Lipinski definition) is 12. The van der Waals surface area contributed by atoms with Crippen molar-refractivity contribution in [3.05, 3.63) is 92.9 Å². The molecule has 0 radical (unpaired) electrons. The minimum Gasteiger partial charge on any atom is -0.465 e. The zero-order valence-corrected chi connectivity index (χ0v) is 37.6. The van der Waals surface area contributed by atoms with Crippen LogP contribution in [0.4, 0.5) is 10.3 Å². The minimum absolute atomic E-state index is 0.0612. The number of aromatic nitrogens is 2. The number of anilines is 2. The zero-order chi connectivity index (χ0) is 44.5. The Hall–Kier alpha value is -6.12. The van der Waals surface area contributed by atoms with E-state index >= 15 is 0 Å². The number of ether oxygens (including phenoxy) is 2. The Bertz CT molecular complexity index is 2670. The number of carbonyl (C=O) groups excluding carboxylic acids is 6. The lowest BCUT2D eigenvalue weighted by Crippen LogP contribution is -2.40. The maximum Gasteiger partial charge on any atom is 0.311 e. The average Bonchev–Trinajstić information content (AvgIpc) is 3.95. The van der Waals surface area contributed by atoms with Crippen molar-refractivity contribution >= 4 is 112 Å². The van der Waals surface area contributed by atoms with Crippen molar-refractivity contribution in [2.24, 2.45) is 0 Å². The molecule has 12 nitrogen and oxygen atoms in total. The Balaban J connectivity index is 0.955. The maximum absolute atomic E-state index is 14.3. The van der Waals surface area contributed by atoms with Crippen molar-refractivity contribution in [1.82, 2.24) is 9.97 Å². The van der Waals surface area contributed by atoms with Crippen LogP contribution in [-0.2, 0) is 31.9 Å². The predicted molar refractivity (Wildman–Crippen MR) is 250 cm³/mol. The number of nitrogens with zero attached hydrogens (tertiary/aromatic N) is 4. The minimum atomic E-state index is -0.518. The molecule has 4 heterocycles. The van der Waals surface area contributed by atoms with Gasteiger partial charge in [0.05, 0.1) is 37.4 Å². The fourth-order valence-electron chi connectivity index (χ4n) is 9.11. The number of fused-ring (bicyclic) bond motifs is 2. The third-order valence-corrected chi connectivity index (χ3v) is 14.0. The number of unbranched alkanes of at least 4 members (excludes halogenated alkanes) is 10. The molecule has 0 saturated carbocycles. The van der Waals surface area contributed by atoms with Gasteiger partial charge in [0.2, 0.25) is 0 Å².